The minimum absolute atomic E-state index is 0.0499. The monoisotopic (exact) mass is 331 g/mol. The zero-order valence-electron chi connectivity index (χ0n) is 10.9. The molecule has 0 spiro atoms. The summed E-state index contributed by atoms with van der Waals surface area (Å²) in [7, 11) is -5.41. The highest BCUT2D eigenvalue weighted by Crippen LogP contribution is 2.32. The number of rotatable bonds is 4. The van der Waals surface area contributed by atoms with Crippen molar-refractivity contribution in [2.45, 2.75) is 26.5 Å². The predicted octanol–water partition coefficient (Wildman–Crippen LogP) is 2.69. The van der Waals surface area contributed by atoms with Crippen molar-refractivity contribution in [3.8, 4) is 5.75 Å². The maximum Gasteiger partial charge on any atom is 0.510 e. The van der Waals surface area contributed by atoms with Crippen LogP contribution in [0.1, 0.15) is 22.3 Å². The standard InChI is InChI=1S/C10H12BF4O3S2/c1-5-8(4-19)6(2)10(18-20(15,16)17)7(3)9(5)11(12,13)14/h19H,4H2,1-3H3/q-1. The Morgan fingerprint density at radius 3 is 1.95 bits per heavy atom. The molecule has 0 heterocycles. The third-order valence-corrected chi connectivity index (χ3v) is 3.74. The Morgan fingerprint density at radius 2 is 1.60 bits per heavy atom. The van der Waals surface area contributed by atoms with E-state index < -0.39 is 34.3 Å². The van der Waals surface area contributed by atoms with E-state index in [0.717, 1.165) is 6.92 Å². The van der Waals surface area contributed by atoms with Gasteiger partial charge in [-0.1, -0.05) is 14.9 Å². The van der Waals surface area contributed by atoms with E-state index in [9.17, 15) is 25.3 Å². The lowest BCUT2D eigenvalue weighted by atomic mass is 9.72. The van der Waals surface area contributed by atoms with Gasteiger partial charge >= 0.3 is 17.5 Å². The highest BCUT2D eigenvalue weighted by Gasteiger charge is 2.33. The Hall–Kier alpha value is -0.895. The molecule has 0 amide bonds. The van der Waals surface area contributed by atoms with Crippen molar-refractivity contribution in [3.05, 3.63) is 22.3 Å². The fourth-order valence-corrected chi connectivity index (χ4v) is 3.14. The van der Waals surface area contributed by atoms with Crippen LogP contribution in [-0.2, 0) is 16.3 Å². The summed E-state index contributed by atoms with van der Waals surface area (Å²) in [5, 5.41) is 0. The van der Waals surface area contributed by atoms with E-state index in [0.29, 0.717) is 0 Å². The molecule has 0 N–H and O–H groups in total. The Balaban J connectivity index is 3.77. The Bertz CT molecular complexity index is 641. The normalized spacial score (nSPS) is 12.6. The third-order valence-electron chi connectivity index (χ3n) is 3.06. The summed E-state index contributed by atoms with van der Waals surface area (Å²) < 4.78 is 77.2. The van der Waals surface area contributed by atoms with Crippen LogP contribution in [0.4, 0.5) is 16.8 Å². The lowest BCUT2D eigenvalue weighted by molar-refractivity contribution is 0.436. The Labute approximate surface area is 120 Å². The molecule has 0 aliphatic rings. The van der Waals surface area contributed by atoms with Gasteiger partial charge in [0.05, 0.1) is 0 Å². The molecular formula is C10H12BF4O3S2-. The summed E-state index contributed by atoms with van der Waals surface area (Å²) in [6.07, 6.45) is 0. The van der Waals surface area contributed by atoms with Crippen LogP contribution < -0.4 is 9.65 Å². The van der Waals surface area contributed by atoms with Gasteiger partial charge in [0.1, 0.15) is 5.75 Å². The van der Waals surface area contributed by atoms with Crippen LogP contribution in [0.5, 0.6) is 5.75 Å². The summed E-state index contributed by atoms with van der Waals surface area (Å²) in [5.74, 6) is -0.684. The molecule has 0 saturated heterocycles. The third kappa shape index (κ3) is 3.40. The van der Waals surface area contributed by atoms with Crippen LogP contribution in [0.3, 0.4) is 0 Å². The van der Waals surface area contributed by atoms with Gasteiger partial charge in [-0.25, -0.2) is 0 Å². The number of halogens is 4. The molecule has 0 bridgehead atoms. The molecule has 114 valence electrons. The van der Waals surface area contributed by atoms with Crippen molar-refractivity contribution >= 4 is 35.6 Å². The minimum atomic E-state index is -5.41. The average Bonchev–Trinajstić information content (AvgIpc) is 2.21. The van der Waals surface area contributed by atoms with Gasteiger partial charge < -0.3 is 17.1 Å². The first-order chi connectivity index (χ1) is 8.90. The zero-order chi connectivity index (χ0) is 15.9. The van der Waals surface area contributed by atoms with Crippen molar-refractivity contribution in [1.82, 2.24) is 0 Å². The summed E-state index contributed by atoms with van der Waals surface area (Å²) in [5.41, 5.74) is -1.17. The SMILES string of the molecule is Cc1c(CS)c(C)c([B-](F)(F)F)c(C)c1OS(=O)(=O)F. The first-order valence-electron chi connectivity index (χ1n) is 5.47. The van der Waals surface area contributed by atoms with Crippen LogP contribution in [0.15, 0.2) is 0 Å². The summed E-state index contributed by atoms with van der Waals surface area (Å²) in [6, 6.07) is 0. The van der Waals surface area contributed by atoms with Crippen LogP contribution in [0.25, 0.3) is 0 Å². The van der Waals surface area contributed by atoms with E-state index in [1.807, 2.05) is 0 Å². The lowest BCUT2D eigenvalue weighted by Gasteiger charge is -2.26. The molecule has 1 aromatic rings. The van der Waals surface area contributed by atoms with Gasteiger partial charge in [0.25, 0.3) is 0 Å². The van der Waals surface area contributed by atoms with E-state index in [1.165, 1.54) is 13.8 Å². The van der Waals surface area contributed by atoms with E-state index in [2.05, 4.69) is 16.8 Å². The van der Waals surface area contributed by atoms with Gasteiger partial charge in [-0.2, -0.15) is 21.0 Å². The van der Waals surface area contributed by atoms with Crippen molar-refractivity contribution < 1.29 is 29.4 Å². The number of benzene rings is 1. The molecule has 1 rings (SSSR count). The predicted molar refractivity (Wildman–Crippen MR) is 72.7 cm³/mol. The highest BCUT2D eigenvalue weighted by molar-refractivity contribution is 7.81. The van der Waals surface area contributed by atoms with E-state index in [-0.39, 0.29) is 22.4 Å². The van der Waals surface area contributed by atoms with Crippen LogP contribution >= 0.6 is 12.6 Å². The largest absolute Gasteiger partial charge is 0.510 e. The van der Waals surface area contributed by atoms with Crippen LogP contribution in [0.2, 0.25) is 0 Å². The van der Waals surface area contributed by atoms with E-state index in [4.69, 9.17) is 0 Å². The number of thiol groups is 1. The molecule has 0 unspecified atom stereocenters. The minimum Gasteiger partial charge on any atom is -0.445 e. The fourth-order valence-electron chi connectivity index (χ4n) is 2.22. The van der Waals surface area contributed by atoms with Gasteiger partial charge in [0.2, 0.25) is 0 Å². The van der Waals surface area contributed by atoms with Crippen molar-refractivity contribution in [1.29, 1.82) is 0 Å². The summed E-state index contributed by atoms with van der Waals surface area (Å²) >= 11 is 3.93. The van der Waals surface area contributed by atoms with Gasteiger partial charge in [-0.15, -0.1) is 0 Å². The molecule has 1 aromatic carbocycles. The maximum absolute atomic E-state index is 13.1. The molecule has 0 aromatic heterocycles. The van der Waals surface area contributed by atoms with Gasteiger partial charge in [-0.3, -0.25) is 0 Å². The Kier molecular flexibility index (Phi) is 4.70. The molecule has 0 aliphatic carbocycles. The number of hydrogen-bond donors (Lipinski definition) is 1. The molecule has 0 atom stereocenters. The van der Waals surface area contributed by atoms with Crippen LogP contribution in [0, 0.1) is 20.8 Å². The highest BCUT2D eigenvalue weighted by atomic mass is 32.3. The van der Waals surface area contributed by atoms with Crippen LogP contribution in [-0.4, -0.2) is 15.4 Å². The molecule has 3 nitrogen and oxygen atoms in total. The smallest absolute Gasteiger partial charge is 0.445 e. The molecule has 0 radical (unpaired) electrons. The second kappa shape index (κ2) is 5.47. The molecule has 0 aliphatic heterocycles. The first-order valence-corrected chi connectivity index (χ1v) is 7.41. The van der Waals surface area contributed by atoms with E-state index in [1.54, 1.807) is 0 Å². The average molecular weight is 331 g/mol. The summed E-state index contributed by atoms with van der Waals surface area (Å²) in [4.78, 5) is 0. The summed E-state index contributed by atoms with van der Waals surface area (Å²) in [6.45, 7) is -1.72. The molecule has 0 saturated carbocycles. The number of hydrogen-bond acceptors (Lipinski definition) is 4. The van der Waals surface area contributed by atoms with E-state index >= 15 is 0 Å². The quantitative estimate of drug-likeness (QED) is 0.399. The lowest BCUT2D eigenvalue weighted by Crippen LogP contribution is -2.39. The van der Waals surface area contributed by atoms with Gasteiger partial charge in [0, 0.05) is 5.75 Å². The maximum atomic E-state index is 13.1. The second-order valence-electron chi connectivity index (χ2n) is 4.31. The second-order valence-corrected chi connectivity index (χ2v) is 5.57. The topological polar surface area (TPSA) is 43.4 Å². The zero-order valence-corrected chi connectivity index (χ0v) is 12.6. The molecule has 10 heteroatoms. The van der Waals surface area contributed by atoms with Crippen molar-refractivity contribution in [2.24, 2.45) is 0 Å². The first kappa shape index (κ1) is 17.2. The molecule has 0 fully saturated rings. The molecule has 20 heavy (non-hydrogen) atoms. The Morgan fingerprint density at radius 1 is 1.10 bits per heavy atom. The van der Waals surface area contributed by atoms with Crippen molar-refractivity contribution in [2.75, 3.05) is 0 Å². The van der Waals surface area contributed by atoms with Crippen molar-refractivity contribution in [3.63, 3.8) is 0 Å². The van der Waals surface area contributed by atoms with Gasteiger partial charge in [0.15, 0.2) is 0 Å². The van der Waals surface area contributed by atoms with Gasteiger partial charge in [-0.05, 0) is 37.5 Å². The fraction of sp³-hybridized carbons (Fsp3) is 0.400. The molecular weight excluding hydrogens is 319 g/mol.